The lowest BCUT2D eigenvalue weighted by molar-refractivity contribution is -0.0500. The van der Waals surface area contributed by atoms with E-state index in [1.165, 1.54) is 6.07 Å². The molecule has 1 aromatic carbocycles. The van der Waals surface area contributed by atoms with E-state index in [0.29, 0.717) is 0 Å². The monoisotopic (exact) mass is 437 g/mol. The molecule has 1 fully saturated rings. The summed E-state index contributed by atoms with van der Waals surface area (Å²) in [5.41, 5.74) is -4.86. The van der Waals surface area contributed by atoms with Gasteiger partial charge in [0.25, 0.3) is 5.92 Å². The first-order valence-corrected chi connectivity index (χ1v) is 10.2. The van der Waals surface area contributed by atoms with Gasteiger partial charge >= 0.3 is 15.6 Å². The van der Waals surface area contributed by atoms with Gasteiger partial charge in [-0.3, -0.25) is 0 Å². The topological polar surface area (TPSA) is 84.1 Å². The third-order valence-corrected chi connectivity index (χ3v) is 5.99. The minimum absolute atomic E-state index is 0.0187. The van der Waals surface area contributed by atoms with Gasteiger partial charge in [0.05, 0.1) is 11.9 Å². The Hall–Kier alpha value is -2.21. The molecule has 4 rings (SSSR count). The molecule has 12 heteroatoms. The zero-order valence-corrected chi connectivity index (χ0v) is 15.6. The van der Waals surface area contributed by atoms with Gasteiger partial charge in [0.1, 0.15) is 11.6 Å². The van der Waals surface area contributed by atoms with Crippen LogP contribution in [-0.2, 0) is 23.0 Å². The molecule has 2 aromatic rings. The second-order valence-electron chi connectivity index (χ2n) is 7.10. The number of nitrogens with zero attached hydrogens (tertiary/aromatic N) is 1. The molecule has 0 bridgehead atoms. The summed E-state index contributed by atoms with van der Waals surface area (Å²) in [6, 6.07) is 2.26. The first-order chi connectivity index (χ1) is 13.5. The molecule has 0 unspecified atom stereocenters. The molecule has 29 heavy (non-hydrogen) atoms. The maximum atomic E-state index is 14.1. The predicted octanol–water partition coefficient (Wildman–Crippen LogP) is 3.46. The van der Waals surface area contributed by atoms with Crippen LogP contribution in [0.15, 0.2) is 18.3 Å². The summed E-state index contributed by atoms with van der Waals surface area (Å²) in [5.74, 6) is -3.70. The molecule has 1 saturated heterocycles. The number of aromatic amines is 1. The van der Waals surface area contributed by atoms with Gasteiger partial charge in [-0.2, -0.15) is 21.6 Å². The lowest BCUT2D eigenvalue weighted by Gasteiger charge is -2.14. The van der Waals surface area contributed by atoms with E-state index in [0.717, 1.165) is 31.1 Å². The van der Waals surface area contributed by atoms with Crippen molar-refractivity contribution >= 4 is 10.1 Å². The molecule has 0 spiro atoms. The maximum absolute atomic E-state index is 14.1. The van der Waals surface area contributed by atoms with Crippen LogP contribution < -0.4 is 9.50 Å². The maximum Gasteiger partial charge on any atom is 0.534 e. The van der Waals surface area contributed by atoms with Crippen LogP contribution >= 0.6 is 0 Å². The van der Waals surface area contributed by atoms with Crippen LogP contribution in [0.3, 0.4) is 0 Å². The quantitative estimate of drug-likeness (QED) is 0.435. The summed E-state index contributed by atoms with van der Waals surface area (Å²) in [5, 5.41) is 3.27. The fourth-order valence-electron chi connectivity index (χ4n) is 3.71. The highest BCUT2D eigenvalue weighted by Gasteiger charge is 2.50. The van der Waals surface area contributed by atoms with E-state index >= 15 is 0 Å². The van der Waals surface area contributed by atoms with E-state index in [1.807, 2.05) is 0 Å². The third kappa shape index (κ3) is 3.70. The fourth-order valence-corrected chi connectivity index (χ4v) is 4.20. The number of fused-ring (bicyclic) bond motifs is 1. The minimum Gasteiger partial charge on any atom is -0.376 e. The van der Waals surface area contributed by atoms with Crippen molar-refractivity contribution in [1.82, 2.24) is 15.3 Å². The highest BCUT2D eigenvalue weighted by Crippen LogP contribution is 2.44. The van der Waals surface area contributed by atoms with E-state index in [4.69, 9.17) is 0 Å². The Morgan fingerprint density at radius 1 is 1.17 bits per heavy atom. The molecule has 2 heterocycles. The average molecular weight is 437 g/mol. The van der Waals surface area contributed by atoms with Crippen LogP contribution in [0.5, 0.6) is 5.75 Å². The number of nitrogens with one attached hydrogen (secondary N) is 2. The van der Waals surface area contributed by atoms with Crippen LogP contribution in [0.4, 0.5) is 22.0 Å². The average Bonchev–Trinajstić information content (AvgIpc) is 3.31. The van der Waals surface area contributed by atoms with Gasteiger partial charge in [-0.15, -0.1) is 0 Å². The summed E-state index contributed by atoms with van der Waals surface area (Å²) in [7, 11) is -5.97. The number of hydrogen-bond acceptors (Lipinski definition) is 5. The molecular weight excluding hydrogens is 421 g/mol. The van der Waals surface area contributed by atoms with Crippen molar-refractivity contribution in [2.75, 3.05) is 6.54 Å². The van der Waals surface area contributed by atoms with Crippen LogP contribution in [0, 0.1) is 0 Å². The van der Waals surface area contributed by atoms with E-state index in [1.54, 1.807) is 6.20 Å². The van der Waals surface area contributed by atoms with E-state index in [9.17, 15) is 30.4 Å². The first-order valence-electron chi connectivity index (χ1n) is 8.79. The Bertz CT molecular complexity index is 1040. The SMILES string of the molecule is O=S(=O)(Oc1ccc(-c2ncc([C@@H]3CCCN3)[nH]2)c2c1CC(F)(F)C2)C(F)(F)F. The van der Waals surface area contributed by atoms with Crippen LogP contribution in [0.2, 0.25) is 0 Å². The Balaban J connectivity index is 1.74. The Morgan fingerprint density at radius 2 is 1.90 bits per heavy atom. The number of benzene rings is 1. The summed E-state index contributed by atoms with van der Waals surface area (Å²) >= 11 is 0. The number of imidazole rings is 1. The smallest absolute Gasteiger partial charge is 0.376 e. The van der Waals surface area contributed by atoms with Gasteiger partial charge in [-0.05, 0) is 37.1 Å². The van der Waals surface area contributed by atoms with Crippen LogP contribution in [0.1, 0.15) is 35.7 Å². The zero-order valence-electron chi connectivity index (χ0n) is 14.8. The lowest BCUT2D eigenvalue weighted by atomic mass is 10.0. The highest BCUT2D eigenvalue weighted by molar-refractivity contribution is 7.88. The standard InChI is InChI=1S/C17H16F5N3O3S/c18-16(19)6-10-9(15-24-8-13(25-15)12-2-1-5-23-12)3-4-14(11(10)7-16)28-29(26,27)17(20,21)22/h3-4,8,12,23H,1-2,5-7H2,(H,24,25)/t12-/m0/s1. The van der Waals surface area contributed by atoms with Gasteiger partial charge in [0, 0.05) is 30.0 Å². The van der Waals surface area contributed by atoms with Gasteiger partial charge in [0.2, 0.25) is 0 Å². The van der Waals surface area contributed by atoms with Crippen molar-refractivity contribution in [2.24, 2.45) is 0 Å². The molecule has 2 aliphatic rings. The van der Waals surface area contributed by atoms with Gasteiger partial charge in [-0.1, -0.05) is 0 Å². The van der Waals surface area contributed by atoms with Crippen molar-refractivity contribution in [3.05, 3.63) is 35.2 Å². The molecule has 158 valence electrons. The second-order valence-corrected chi connectivity index (χ2v) is 8.63. The molecule has 0 amide bonds. The summed E-state index contributed by atoms with van der Waals surface area (Å²) in [6.45, 7) is 0.848. The third-order valence-electron chi connectivity index (χ3n) is 5.03. The molecule has 1 aliphatic heterocycles. The molecule has 6 nitrogen and oxygen atoms in total. The highest BCUT2D eigenvalue weighted by atomic mass is 32.2. The number of H-pyrrole nitrogens is 1. The zero-order chi connectivity index (χ0) is 21.0. The Labute approximate surface area is 162 Å². The summed E-state index contributed by atoms with van der Waals surface area (Å²) in [6.07, 6.45) is 1.78. The number of alkyl halides is 5. The van der Waals surface area contributed by atoms with Crippen LogP contribution in [-0.4, -0.2) is 36.4 Å². The lowest BCUT2D eigenvalue weighted by Crippen LogP contribution is -2.28. The number of halogens is 5. The first kappa shape index (κ1) is 20.1. The van der Waals surface area contributed by atoms with E-state index < -0.39 is 40.1 Å². The molecule has 0 saturated carbocycles. The van der Waals surface area contributed by atoms with Crippen molar-refractivity contribution in [3.8, 4) is 17.1 Å². The summed E-state index contributed by atoms with van der Waals surface area (Å²) < 4.78 is 92.8. The van der Waals surface area contributed by atoms with Crippen molar-refractivity contribution in [1.29, 1.82) is 0 Å². The largest absolute Gasteiger partial charge is 0.534 e. The second kappa shape index (κ2) is 6.66. The van der Waals surface area contributed by atoms with Gasteiger partial charge in [-0.25, -0.2) is 13.8 Å². The molecule has 2 N–H and O–H groups in total. The number of hydrogen-bond donors (Lipinski definition) is 2. The van der Waals surface area contributed by atoms with Crippen molar-refractivity contribution in [3.63, 3.8) is 0 Å². The molecule has 1 aliphatic carbocycles. The molecule has 0 radical (unpaired) electrons. The van der Waals surface area contributed by atoms with Crippen molar-refractivity contribution in [2.45, 2.75) is 43.2 Å². The van der Waals surface area contributed by atoms with E-state index in [2.05, 4.69) is 19.5 Å². The predicted molar refractivity (Wildman–Crippen MR) is 92.0 cm³/mol. The van der Waals surface area contributed by atoms with Gasteiger partial charge in [0.15, 0.2) is 0 Å². The van der Waals surface area contributed by atoms with E-state index in [-0.39, 0.29) is 28.6 Å². The number of aromatic nitrogens is 2. The normalized spacial score (nSPS) is 21.3. The Kier molecular flexibility index (Phi) is 4.61. The fraction of sp³-hybridized carbons (Fsp3) is 0.471. The molecule has 1 aromatic heterocycles. The van der Waals surface area contributed by atoms with Crippen molar-refractivity contribution < 1.29 is 34.6 Å². The molecular formula is C17H16F5N3O3S. The Morgan fingerprint density at radius 3 is 2.55 bits per heavy atom. The summed E-state index contributed by atoms with van der Waals surface area (Å²) in [4.78, 5) is 7.28. The van der Waals surface area contributed by atoms with Crippen LogP contribution in [0.25, 0.3) is 11.4 Å². The van der Waals surface area contributed by atoms with Gasteiger partial charge < -0.3 is 14.5 Å². The molecule has 1 atom stereocenters. The number of rotatable bonds is 4. The minimum atomic E-state index is -5.97.